The average Bonchev–Trinajstić information content (AvgIpc) is 2.62. The van der Waals surface area contributed by atoms with Gasteiger partial charge in [0.2, 0.25) is 6.29 Å². The van der Waals surface area contributed by atoms with Crippen LogP contribution in [0.5, 0.6) is 0 Å². The van der Waals surface area contributed by atoms with Gasteiger partial charge in [-0.05, 0) is 11.1 Å². The van der Waals surface area contributed by atoms with Gasteiger partial charge < -0.3 is 10.4 Å². The van der Waals surface area contributed by atoms with Gasteiger partial charge in [-0.1, -0.05) is 24.3 Å². The van der Waals surface area contributed by atoms with E-state index in [1.54, 1.807) is 30.6 Å². The summed E-state index contributed by atoms with van der Waals surface area (Å²) in [6.45, 7) is 0.453. The Bertz CT molecular complexity index is 430. The fourth-order valence-corrected chi connectivity index (χ4v) is 2.03. The van der Waals surface area contributed by atoms with Crippen LogP contribution in [0.25, 0.3) is 0 Å². The molecule has 4 heteroatoms. The van der Waals surface area contributed by atoms with E-state index < -0.39 is 11.5 Å². The van der Waals surface area contributed by atoms with Crippen LogP contribution in [-0.2, 0) is 21.6 Å². The van der Waals surface area contributed by atoms with Gasteiger partial charge in [0.05, 0.1) is 0 Å². The molecule has 1 aromatic rings. The average molecular weight is 218 g/mol. The van der Waals surface area contributed by atoms with E-state index in [0.29, 0.717) is 24.1 Å². The van der Waals surface area contributed by atoms with Crippen molar-refractivity contribution in [2.45, 2.75) is 18.4 Å². The highest BCUT2D eigenvalue weighted by Gasteiger charge is 2.42. The van der Waals surface area contributed by atoms with Gasteiger partial charge in [0.1, 0.15) is 0 Å². The van der Waals surface area contributed by atoms with Crippen molar-refractivity contribution in [3.8, 4) is 0 Å². The van der Waals surface area contributed by atoms with Crippen LogP contribution in [0, 0.1) is 0 Å². The largest absolute Gasteiger partial charge is 0.375 e. The van der Waals surface area contributed by atoms with Crippen LogP contribution < -0.4 is 5.32 Å². The molecule has 0 aliphatic carbocycles. The van der Waals surface area contributed by atoms with E-state index in [4.69, 9.17) is 0 Å². The van der Waals surface area contributed by atoms with Gasteiger partial charge in [-0.3, -0.25) is 9.59 Å². The van der Waals surface area contributed by atoms with Crippen LogP contribution in [0.4, 0.5) is 0 Å². The van der Waals surface area contributed by atoms with Gasteiger partial charge in [-0.2, -0.15) is 0 Å². The van der Waals surface area contributed by atoms with Crippen molar-refractivity contribution in [1.82, 2.24) is 5.32 Å². The standard InChI is InChI=1S/C12H12NO3/c14-8-5-9-3-1-2-4-10(9)12(16)6-7-13-11(12)15/h1-4,16H,5-7H2,(H,13,15). The normalized spacial score (nSPS) is 24.2. The zero-order chi connectivity index (χ0) is 11.6. The molecule has 1 aromatic carbocycles. The number of rotatable bonds is 3. The maximum atomic E-state index is 11.6. The molecule has 0 spiro atoms. The zero-order valence-electron chi connectivity index (χ0n) is 8.69. The highest BCUT2D eigenvalue weighted by Crippen LogP contribution is 2.31. The molecule has 2 N–H and O–H groups in total. The first kappa shape index (κ1) is 10.8. The fraction of sp³-hybridized carbons (Fsp3) is 0.333. The van der Waals surface area contributed by atoms with E-state index in [9.17, 15) is 14.7 Å². The molecule has 2 rings (SSSR count). The minimum absolute atomic E-state index is 0.0891. The Balaban J connectivity index is 2.46. The summed E-state index contributed by atoms with van der Waals surface area (Å²) in [5, 5.41) is 12.9. The maximum Gasteiger partial charge on any atom is 0.256 e. The Hall–Kier alpha value is -1.68. The van der Waals surface area contributed by atoms with Crippen molar-refractivity contribution in [3.05, 3.63) is 35.4 Å². The van der Waals surface area contributed by atoms with Crippen LogP contribution in [-0.4, -0.2) is 23.8 Å². The minimum atomic E-state index is -1.49. The second-order valence-electron chi connectivity index (χ2n) is 3.84. The summed E-state index contributed by atoms with van der Waals surface area (Å²) in [6.07, 6.45) is 2.21. The molecule has 1 fully saturated rings. The smallest absolute Gasteiger partial charge is 0.256 e. The molecule has 1 aliphatic rings. The molecule has 83 valence electrons. The lowest BCUT2D eigenvalue weighted by atomic mass is 9.87. The summed E-state index contributed by atoms with van der Waals surface area (Å²) >= 11 is 0. The van der Waals surface area contributed by atoms with Crippen molar-refractivity contribution in [2.75, 3.05) is 6.54 Å². The second kappa shape index (κ2) is 4.06. The summed E-state index contributed by atoms with van der Waals surface area (Å²) in [6, 6.07) is 6.92. The van der Waals surface area contributed by atoms with Crippen molar-refractivity contribution in [3.63, 3.8) is 0 Å². The quantitative estimate of drug-likeness (QED) is 0.753. The maximum absolute atomic E-state index is 11.6. The molecule has 1 heterocycles. The molecule has 1 saturated heterocycles. The van der Waals surface area contributed by atoms with Gasteiger partial charge in [0, 0.05) is 19.4 Å². The highest BCUT2D eigenvalue weighted by atomic mass is 16.3. The lowest BCUT2D eigenvalue weighted by Crippen LogP contribution is -2.36. The fourth-order valence-electron chi connectivity index (χ4n) is 2.03. The molecule has 0 saturated carbocycles. The molecule has 4 nitrogen and oxygen atoms in total. The van der Waals surface area contributed by atoms with E-state index in [1.165, 1.54) is 0 Å². The summed E-state index contributed by atoms with van der Waals surface area (Å²) in [7, 11) is 0. The zero-order valence-corrected chi connectivity index (χ0v) is 8.69. The SMILES string of the molecule is O=[C]Cc1ccccc1C1(O)CCNC1=O. The Morgan fingerprint density at radius 2 is 2.19 bits per heavy atom. The molecular formula is C12H12NO3. The Kier molecular flexibility index (Phi) is 2.75. The van der Waals surface area contributed by atoms with Crippen molar-refractivity contribution >= 4 is 12.2 Å². The van der Waals surface area contributed by atoms with E-state index >= 15 is 0 Å². The molecular weight excluding hydrogens is 206 g/mol. The molecule has 1 amide bonds. The van der Waals surface area contributed by atoms with Crippen LogP contribution in [0.15, 0.2) is 24.3 Å². The van der Waals surface area contributed by atoms with Crippen molar-refractivity contribution < 1.29 is 14.7 Å². The highest BCUT2D eigenvalue weighted by molar-refractivity contribution is 5.88. The Morgan fingerprint density at radius 1 is 1.44 bits per heavy atom. The van der Waals surface area contributed by atoms with E-state index in [2.05, 4.69) is 5.32 Å². The number of hydrogen-bond acceptors (Lipinski definition) is 3. The topological polar surface area (TPSA) is 66.4 Å². The van der Waals surface area contributed by atoms with E-state index in [0.717, 1.165) is 0 Å². The summed E-state index contributed by atoms with van der Waals surface area (Å²) in [5.74, 6) is -0.397. The number of carbonyl (C=O) groups excluding carboxylic acids is 2. The summed E-state index contributed by atoms with van der Waals surface area (Å²) in [5.41, 5.74) is -0.335. The van der Waals surface area contributed by atoms with Gasteiger partial charge in [-0.15, -0.1) is 0 Å². The van der Waals surface area contributed by atoms with Crippen LogP contribution >= 0.6 is 0 Å². The minimum Gasteiger partial charge on any atom is -0.375 e. The monoisotopic (exact) mass is 218 g/mol. The predicted molar refractivity (Wildman–Crippen MR) is 57.4 cm³/mol. The number of benzene rings is 1. The van der Waals surface area contributed by atoms with Crippen LogP contribution in [0.3, 0.4) is 0 Å². The Morgan fingerprint density at radius 3 is 2.81 bits per heavy atom. The van der Waals surface area contributed by atoms with Crippen molar-refractivity contribution in [1.29, 1.82) is 0 Å². The van der Waals surface area contributed by atoms with Gasteiger partial charge >= 0.3 is 0 Å². The second-order valence-corrected chi connectivity index (χ2v) is 3.84. The number of hydrogen-bond donors (Lipinski definition) is 2. The first-order chi connectivity index (χ1) is 7.68. The van der Waals surface area contributed by atoms with Gasteiger partial charge in [0.25, 0.3) is 5.91 Å². The third-order valence-corrected chi connectivity index (χ3v) is 2.87. The number of carbonyl (C=O) groups is 1. The van der Waals surface area contributed by atoms with Gasteiger partial charge in [0.15, 0.2) is 5.60 Å². The van der Waals surface area contributed by atoms with Crippen molar-refractivity contribution in [2.24, 2.45) is 0 Å². The first-order valence-corrected chi connectivity index (χ1v) is 5.12. The lowest BCUT2D eigenvalue weighted by molar-refractivity contribution is -0.136. The molecule has 1 unspecified atom stereocenters. The molecule has 16 heavy (non-hydrogen) atoms. The molecule has 1 aliphatic heterocycles. The third-order valence-electron chi connectivity index (χ3n) is 2.87. The molecule has 0 bridgehead atoms. The molecule has 1 atom stereocenters. The predicted octanol–water partition coefficient (Wildman–Crippen LogP) is 0.0463. The summed E-state index contributed by atoms with van der Waals surface area (Å²) < 4.78 is 0. The molecule has 0 aromatic heterocycles. The molecule has 1 radical (unpaired) electrons. The number of nitrogens with one attached hydrogen (secondary N) is 1. The first-order valence-electron chi connectivity index (χ1n) is 5.12. The number of amides is 1. The van der Waals surface area contributed by atoms with Gasteiger partial charge in [-0.25, -0.2) is 0 Å². The van der Waals surface area contributed by atoms with Crippen LogP contribution in [0.1, 0.15) is 17.5 Å². The van der Waals surface area contributed by atoms with E-state index in [1.807, 2.05) is 0 Å². The lowest BCUT2D eigenvalue weighted by Gasteiger charge is -2.22. The van der Waals surface area contributed by atoms with E-state index in [-0.39, 0.29) is 6.42 Å². The number of aliphatic hydroxyl groups is 1. The Labute approximate surface area is 93.3 Å². The summed E-state index contributed by atoms with van der Waals surface area (Å²) in [4.78, 5) is 22.0. The van der Waals surface area contributed by atoms with Crippen LogP contribution in [0.2, 0.25) is 0 Å². The third kappa shape index (κ3) is 1.61.